The van der Waals surface area contributed by atoms with E-state index in [-0.39, 0.29) is 36.5 Å². The quantitative estimate of drug-likeness (QED) is 0.621. The van der Waals surface area contributed by atoms with Crippen LogP contribution >= 0.6 is 0 Å². The van der Waals surface area contributed by atoms with Crippen LogP contribution in [0.5, 0.6) is 0 Å². The topological polar surface area (TPSA) is 73.6 Å². The Kier molecular flexibility index (Phi) is 4.99. The first-order valence-corrected chi connectivity index (χ1v) is 13.7. The molecule has 3 amide bonds. The average Bonchev–Trinajstić information content (AvgIpc) is 3.16. The SMILES string of the molecule is N#CCOC(=O)N(C(=O)N1[Se][Se]C12CCCC2)C1CCCC1. The van der Waals surface area contributed by atoms with E-state index >= 15 is 0 Å². The molecule has 0 aromatic heterocycles. The molecule has 3 fully saturated rings. The molecule has 0 atom stereocenters. The van der Waals surface area contributed by atoms with E-state index in [9.17, 15) is 9.59 Å². The van der Waals surface area contributed by atoms with E-state index in [4.69, 9.17) is 10.00 Å². The fraction of sp³-hybridized carbons (Fsp3) is 0.786. The van der Waals surface area contributed by atoms with Gasteiger partial charge in [-0.05, 0) is 0 Å². The number of rotatable bonds is 2. The van der Waals surface area contributed by atoms with Gasteiger partial charge in [-0.2, -0.15) is 0 Å². The van der Waals surface area contributed by atoms with Crippen LogP contribution in [-0.4, -0.2) is 64.5 Å². The van der Waals surface area contributed by atoms with Gasteiger partial charge >= 0.3 is 142 Å². The van der Waals surface area contributed by atoms with Gasteiger partial charge < -0.3 is 0 Å². The second-order valence-electron chi connectivity index (χ2n) is 5.91. The van der Waals surface area contributed by atoms with E-state index in [2.05, 4.69) is 0 Å². The van der Waals surface area contributed by atoms with E-state index in [0.29, 0.717) is 13.1 Å². The molecule has 0 N–H and O–H groups in total. The number of carbonyl (C=O) groups is 2. The molecule has 0 radical (unpaired) electrons. The standard InChI is InChI=1S/C14H19N3O3Se2/c15-9-10-20-13(19)16(11-5-1-2-6-11)12(18)17-14(21-22-17)7-3-4-8-14/h11H,1-8,10H2. The van der Waals surface area contributed by atoms with Crippen molar-refractivity contribution in [3.05, 3.63) is 0 Å². The summed E-state index contributed by atoms with van der Waals surface area (Å²) in [5.74, 6) is 0. The first-order valence-electron chi connectivity index (χ1n) is 7.71. The number of nitrogens with zero attached hydrogens (tertiary/aromatic N) is 3. The first-order chi connectivity index (χ1) is 10.7. The summed E-state index contributed by atoms with van der Waals surface area (Å²) in [5, 5.41) is 8.60. The summed E-state index contributed by atoms with van der Waals surface area (Å²) in [6.07, 6.45) is 7.70. The molecule has 3 aliphatic rings. The molecule has 3 rings (SSSR count). The maximum atomic E-state index is 13.0. The summed E-state index contributed by atoms with van der Waals surface area (Å²) in [6.45, 7) is -0.296. The van der Waals surface area contributed by atoms with Gasteiger partial charge in [0.1, 0.15) is 0 Å². The zero-order valence-electron chi connectivity index (χ0n) is 12.3. The van der Waals surface area contributed by atoms with E-state index in [1.165, 1.54) is 17.7 Å². The van der Waals surface area contributed by atoms with Crippen LogP contribution < -0.4 is 0 Å². The third-order valence-corrected chi connectivity index (χ3v) is 14.4. The van der Waals surface area contributed by atoms with E-state index in [0.717, 1.165) is 38.5 Å². The minimum absolute atomic E-state index is 0.0546. The van der Waals surface area contributed by atoms with Gasteiger partial charge in [-0.1, -0.05) is 0 Å². The van der Waals surface area contributed by atoms with Crippen LogP contribution in [0.1, 0.15) is 51.4 Å². The number of hydrogen-bond acceptors (Lipinski definition) is 4. The summed E-state index contributed by atoms with van der Waals surface area (Å²) in [5.41, 5.74) is 0. The molecule has 0 bridgehead atoms. The zero-order chi connectivity index (χ0) is 15.6. The van der Waals surface area contributed by atoms with E-state index < -0.39 is 6.09 Å². The summed E-state index contributed by atoms with van der Waals surface area (Å²) < 4.78 is 7.00. The van der Waals surface area contributed by atoms with Crippen molar-refractivity contribution in [1.82, 2.24) is 8.82 Å². The van der Waals surface area contributed by atoms with Gasteiger partial charge in [0.2, 0.25) is 0 Å². The van der Waals surface area contributed by atoms with Gasteiger partial charge in [0.15, 0.2) is 0 Å². The molecule has 1 heterocycles. The van der Waals surface area contributed by atoms with Gasteiger partial charge in [-0.3, -0.25) is 0 Å². The molecular formula is C14H19N3O3Se2. The zero-order valence-corrected chi connectivity index (χ0v) is 15.8. The first kappa shape index (κ1) is 16.1. The minimum atomic E-state index is -0.637. The molecule has 1 aliphatic heterocycles. The van der Waals surface area contributed by atoms with Crippen LogP contribution in [0.25, 0.3) is 0 Å². The molecule has 0 aromatic carbocycles. The van der Waals surface area contributed by atoms with E-state index in [1.54, 1.807) is 6.07 Å². The van der Waals surface area contributed by atoms with Crippen molar-refractivity contribution in [3.8, 4) is 6.07 Å². The number of urea groups is 1. The normalized spacial score (nSPS) is 23.1. The molecule has 6 nitrogen and oxygen atoms in total. The number of carbonyl (C=O) groups excluding carboxylic acids is 2. The Hall–Kier alpha value is -0.731. The van der Waals surface area contributed by atoms with Crippen LogP contribution in [0.4, 0.5) is 9.59 Å². The van der Waals surface area contributed by atoms with Crippen molar-refractivity contribution >= 4 is 38.6 Å². The summed E-state index contributed by atoms with van der Waals surface area (Å²) >= 11 is 0.741. The number of amides is 3. The number of hydrogen-bond donors (Lipinski definition) is 0. The predicted molar refractivity (Wildman–Crippen MR) is 81.0 cm³/mol. The second-order valence-corrected chi connectivity index (χ2v) is 12.4. The monoisotopic (exact) mass is 437 g/mol. The van der Waals surface area contributed by atoms with E-state index in [1.807, 2.05) is 3.92 Å². The fourth-order valence-corrected chi connectivity index (χ4v) is 12.4. The fourth-order valence-electron chi connectivity index (χ4n) is 3.41. The molecule has 1 spiro atoms. The third kappa shape index (κ3) is 2.88. The Labute approximate surface area is 141 Å². The molecule has 22 heavy (non-hydrogen) atoms. The predicted octanol–water partition coefficient (Wildman–Crippen LogP) is 1.84. The van der Waals surface area contributed by atoms with Crippen LogP contribution in [0.2, 0.25) is 0 Å². The van der Waals surface area contributed by atoms with Crippen LogP contribution in [-0.2, 0) is 4.74 Å². The summed E-state index contributed by atoms with van der Waals surface area (Å²) in [4.78, 5) is 26.6. The van der Waals surface area contributed by atoms with Crippen molar-refractivity contribution in [1.29, 1.82) is 5.26 Å². The third-order valence-electron chi connectivity index (χ3n) is 4.55. The van der Waals surface area contributed by atoms with Crippen LogP contribution in [0, 0.1) is 11.3 Å². The Morgan fingerprint density at radius 2 is 1.95 bits per heavy atom. The molecule has 0 aromatic rings. The van der Waals surface area contributed by atoms with Crippen molar-refractivity contribution in [2.45, 2.75) is 61.8 Å². The number of ether oxygens (including phenoxy) is 1. The van der Waals surface area contributed by atoms with Gasteiger partial charge in [-0.25, -0.2) is 0 Å². The molecule has 2 aliphatic carbocycles. The molecular weight excluding hydrogens is 416 g/mol. The molecule has 1 saturated heterocycles. The van der Waals surface area contributed by atoms with Crippen molar-refractivity contribution in [3.63, 3.8) is 0 Å². The van der Waals surface area contributed by atoms with Crippen molar-refractivity contribution < 1.29 is 14.3 Å². The Balaban J connectivity index is 1.74. The summed E-state index contributed by atoms with van der Waals surface area (Å²) in [6, 6.07) is 1.58. The van der Waals surface area contributed by atoms with Crippen molar-refractivity contribution in [2.24, 2.45) is 0 Å². The summed E-state index contributed by atoms with van der Waals surface area (Å²) in [7, 11) is 0. The second kappa shape index (κ2) is 6.80. The van der Waals surface area contributed by atoms with Crippen LogP contribution in [0.3, 0.4) is 0 Å². The average molecular weight is 435 g/mol. The number of nitriles is 1. The molecule has 2 saturated carbocycles. The molecule has 0 unspecified atom stereocenters. The Morgan fingerprint density at radius 3 is 2.50 bits per heavy atom. The number of imide groups is 1. The Morgan fingerprint density at radius 1 is 1.27 bits per heavy atom. The van der Waals surface area contributed by atoms with Crippen LogP contribution in [0.15, 0.2) is 0 Å². The van der Waals surface area contributed by atoms with Gasteiger partial charge in [-0.15, -0.1) is 0 Å². The Bertz CT molecular complexity index is 496. The van der Waals surface area contributed by atoms with Gasteiger partial charge in [0.05, 0.1) is 0 Å². The van der Waals surface area contributed by atoms with Gasteiger partial charge in [0, 0.05) is 0 Å². The van der Waals surface area contributed by atoms with Gasteiger partial charge in [0.25, 0.3) is 0 Å². The molecule has 120 valence electrons. The maximum absolute atomic E-state index is 13.0. The molecule has 8 heteroatoms. The van der Waals surface area contributed by atoms with Crippen molar-refractivity contribution in [2.75, 3.05) is 6.61 Å².